The molecule has 0 radical (unpaired) electrons. The number of rotatable bonds is 12. The summed E-state index contributed by atoms with van der Waals surface area (Å²) >= 11 is 0. The third-order valence-electron chi connectivity index (χ3n) is 23.2. The maximum atomic E-state index is 2.76. The fraction of sp³-hybridized carbons (Fsp3) is 0.253. The molecule has 8 aliphatic carbocycles. The van der Waals surface area contributed by atoms with Crippen LogP contribution in [0.4, 0.5) is 34.1 Å². The Morgan fingerprint density at radius 3 is 0.976 bits per heavy atom. The van der Waals surface area contributed by atoms with E-state index in [4.69, 9.17) is 0 Å². The summed E-state index contributed by atoms with van der Waals surface area (Å²) in [7, 11) is 0. The largest absolute Gasteiger partial charge is 0.309 e. The fourth-order valence-electron chi connectivity index (χ4n) is 20.0. The average molecular weight is 1100 g/mol. The van der Waals surface area contributed by atoms with Crippen LogP contribution in [0.1, 0.15) is 88.2 Å². The van der Waals surface area contributed by atoms with Gasteiger partial charge in [-0.3, -0.25) is 0 Å². The summed E-state index contributed by atoms with van der Waals surface area (Å²) in [5.74, 6) is 5.14. The van der Waals surface area contributed by atoms with E-state index < -0.39 is 0 Å². The van der Waals surface area contributed by atoms with Crippen LogP contribution in [-0.2, 0) is 10.8 Å². The van der Waals surface area contributed by atoms with Gasteiger partial charge in [-0.1, -0.05) is 194 Å². The van der Waals surface area contributed by atoms with Gasteiger partial charge in [0.25, 0.3) is 0 Å². The molecule has 0 aromatic heterocycles. The molecule has 0 amide bonds. The molecule has 414 valence electrons. The van der Waals surface area contributed by atoms with Crippen LogP contribution in [0.2, 0.25) is 0 Å². The number of hydrogen-bond donors (Lipinski definition) is 0. The molecule has 85 heavy (non-hydrogen) atoms. The molecule has 8 saturated carbocycles. The summed E-state index contributed by atoms with van der Waals surface area (Å²) < 4.78 is 0. The van der Waals surface area contributed by atoms with Crippen molar-refractivity contribution in [3.63, 3.8) is 0 Å². The Balaban J connectivity index is 0.932. The van der Waals surface area contributed by atoms with E-state index in [1.54, 1.807) is 11.1 Å². The summed E-state index contributed by atoms with van der Waals surface area (Å²) in [5, 5.41) is 5.25. The number of hydrogen-bond acceptors (Lipinski definition) is 2. The second-order valence-corrected chi connectivity index (χ2v) is 27.8. The van der Waals surface area contributed by atoms with Crippen LogP contribution >= 0.6 is 0 Å². The minimum Gasteiger partial charge on any atom is -0.309 e. The van der Waals surface area contributed by atoms with Crippen LogP contribution in [0.5, 0.6) is 0 Å². The first-order valence-corrected chi connectivity index (χ1v) is 32.2. The second-order valence-electron chi connectivity index (χ2n) is 27.8. The molecule has 2 heteroatoms. The van der Waals surface area contributed by atoms with E-state index >= 15 is 0 Å². The van der Waals surface area contributed by atoms with Gasteiger partial charge in [0.05, 0.1) is 11.4 Å². The minimum absolute atomic E-state index is 0.192. The highest BCUT2D eigenvalue weighted by Gasteiger charge is 2.71. The first-order valence-electron chi connectivity index (χ1n) is 32.2. The smallest absolute Gasteiger partial charge is 0.0620 e. The molecule has 0 heterocycles. The topological polar surface area (TPSA) is 6.48 Å². The molecular weight excluding hydrogens is 1020 g/mol. The van der Waals surface area contributed by atoms with Gasteiger partial charge in [-0.25, -0.2) is 0 Å². The van der Waals surface area contributed by atoms with Crippen LogP contribution in [-0.4, -0.2) is 0 Å². The van der Waals surface area contributed by atoms with Crippen molar-refractivity contribution in [2.45, 2.75) is 87.9 Å². The van der Waals surface area contributed by atoms with Crippen LogP contribution in [0.3, 0.4) is 0 Å². The van der Waals surface area contributed by atoms with E-state index in [2.05, 4.69) is 265 Å². The Morgan fingerprint density at radius 2 is 0.600 bits per heavy atom. The van der Waals surface area contributed by atoms with Gasteiger partial charge >= 0.3 is 0 Å². The van der Waals surface area contributed by atoms with Crippen molar-refractivity contribution in [2.75, 3.05) is 9.80 Å². The normalized spacial score (nSPS) is 26.4. The Bertz CT molecular complexity index is 4120. The zero-order valence-corrected chi connectivity index (χ0v) is 48.6. The summed E-state index contributed by atoms with van der Waals surface area (Å²) in [4.78, 5) is 5.32. The van der Waals surface area contributed by atoms with E-state index in [0.717, 1.165) is 58.3 Å². The lowest BCUT2D eigenvalue weighted by Crippen LogP contribution is -2.48. The molecule has 1 spiro atoms. The quantitative estimate of drug-likeness (QED) is 0.0889. The van der Waals surface area contributed by atoms with Crippen molar-refractivity contribution < 1.29 is 0 Å². The van der Waals surface area contributed by atoms with Crippen molar-refractivity contribution in [3.05, 3.63) is 266 Å². The summed E-state index contributed by atoms with van der Waals surface area (Å²) in [6.45, 7) is 0. The molecule has 5 atom stereocenters. The summed E-state index contributed by atoms with van der Waals surface area (Å²) in [6, 6.07) is 97.7. The molecule has 5 unspecified atom stereocenters. The molecule has 0 N–H and O–H groups in total. The number of fused-ring (bicyclic) bond motifs is 4. The maximum absolute atomic E-state index is 2.76. The highest BCUT2D eigenvalue weighted by Crippen LogP contribution is 2.79. The summed E-state index contributed by atoms with van der Waals surface area (Å²) in [5.41, 5.74) is 21.1. The monoisotopic (exact) mass is 1100 g/mol. The van der Waals surface area contributed by atoms with E-state index in [-0.39, 0.29) is 10.8 Å². The van der Waals surface area contributed by atoms with Crippen molar-refractivity contribution in [1.82, 2.24) is 0 Å². The van der Waals surface area contributed by atoms with E-state index in [1.165, 1.54) is 154 Å². The lowest BCUT2D eigenvalue weighted by Gasteiger charge is -2.57. The molecular formula is C83H72N2. The molecule has 7 bridgehead atoms. The second kappa shape index (κ2) is 19.3. The molecule has 11 aromatic rings. The van der Waals surface area contributed by atoms with E-state index in [1.807, 2.05) is 0 Å². The zero-order chi connectivity index (χ0) is 55.8. The SMILES string of the molecule is c1ccc(-c2ccc(N(c3ccc(-c4ccccc4)cc3)c3c4ccc(C56CC7CC8CC(C5)C8(C7)C6)cc4c(N(c4ccc(-c5ccccc5)cc4)c4ccc(-c5ccccc5)cc4)c4ccc(C56CC7CC(CC(C7)C5)C6)cc34)cc2)cc1. The Labute approximate surface area is 501 Å². The van der Waals surface area contributed by atoms with Crippen LogP contribution in [0.25, 0.3) is 66.1 Å². The molecule has 2 nitrogen and oxygen atoms in total. The third-order valence-corrected chi connectivity index (χ3v) is 23.2. The van der Waals surface area contributed by atoms with Crippen molar-refractivity contribution >= 4 is 55.7 Å². The average Bonchev–Trinajstić information content (AvgIpc) is 1.73. The number of nitrogens with zero attached hydrogens (tertiary/aromatic N) is 2. The van der Waals surface area contributed by atoms with Gasteiger partial charge in [0.15, 0.2) is 0 Å². The zero-order valence-electron chi connectivity index (χ0n) is 48.6. The van der Waals surface area contributed by atoms with Crippen LogP contribution < -0.4 is 9.80 Å². The van der Waals surface area contributed by atoms with Crippen LogP contribution in [0.15, 0.2) is 255 Å². The van der Waals surface area contributed by atoms with Gasteiger partial charge in [0, 0.05) is 44.3 Å². The Hall–Kier alpha value is -8.46. The molecule has 19 rings (SSSR count). The summed E-state index contributed by atoms with van der Waals surface area (Å²) in [6.07, 6.45) is 16.6. The highest BCUT2D eigenvalue weighted by atomic mass is 15.2. The molecule has 8 aliphatic rings. The first kappa shape index (κ1) is 49.9. The van der Waals surface area contributed by atoms with Gasteiger partial charge in [0.2, 0.25) is 0 Å². The number of anilines is 6. The Kier molecular flexibility index (Phi) is 11.3. The van der Waals surface area contributed by atoms with Crippen molar-refractivity contribution in [1.29, 1.82) is 0 Å². The van der Waals surface area contributed by atoms with Crippen molar-refractivity contribution in [2.24, 2.45) is 40.9 Å². The fourth-order valence-corrected chi connectivity index (χ4v) is 20.0. The maximum Gasteiger partial charge on any atom is 0.0620 e. The van der Waals surface area contributed by atoms with E-state index in [9.17, 15) is 0 Å². The predicted molar refractivity (Wildman–Crippen MR) is 355 cm³/mol. The van der Waals surface area contributed by atoms with E-state index in [0.29, 0.717) is 5.41 Å². The molecule has 8 fully saturated rings. The van der Waals surface area contributed by atoms with Gasteiger partial charge < -0.3 is 9.80 Å². The van der Waals surface area contributed by atoms with Crippen molar-refractivity contribution in [3.8, 4) is 44.5 Å². The standard InChI is InChI=1S/C83H72N2/c1-5-13-59(14-6-1)63-21-31-71(32-22-63)84(72-33-23-64(24-34-72)60-15-7-2-8-16-60)79-76-40-30-68(82-51-58-44-69-45-70(53-82)83(69,52-58)54-82)47-78(76)80(75-39-29-67(46-77(75)79)81-48-55-41-56(49-81)43-57(42-55)50-81)85(73-35-25-65(26-36-73)61-17-9-3-10-18-61)74-37-27-66(28-38-74)62-19-11-4-12-20-62/h1-40,46-47,55-58,69-70H,41-45,48-54H2. The van der Waals surface area contributed by atoms with Gasteiger partial charge in [-0.15, -0.1) is 0 Å². The van der Waals surface area contributed by atoms with Crippen LogP contribution in [0, 0.1) is 40.9 Å². The molecule has 0 aliphatic heterocycles. The van der Waals surface area contributed by atoms with Gasteiger partial charge in [-0.2, -0.15) is 0 Å². The number of benzene rings is 11. The van der Waals surface area contributed by atoms with Gasteiger partial charge in [-0.05, 0) is 245 Å². The first-order chi connectivity index (χ1) is 41.9. The lowest BCUT2D eigenvalue weighted by atomic mass is 9.48. The highest BCUT2D eigenvalue weighted by molar-refractivity contribution is 6.23. The van der Waals surface area contributed by atoms with Gasteiger partial charge in [0.1, 0.15) is 0 Å². The predicted octanol–water partition coefficient (Wildman–Crippen LogP) is 22.5. The Morgan fingerprint density at radius 1 is 0.259 bits per heavy atom. The lowest BCUT2D eigenvalue weighted by molar-refractivity contribution is -0.00512. The molecule has 0 saturated heterocycles. The minimum atomic E-state index is 0.192. The third kappa shape index (κ3) is 8.03. The molecule has 11 aromatic carbocycles.